The molecule has 1 aromatic carbocycles. The molecule has 0 spiro atoms. The molecule has 1 heterocycles. The van der Waals surface area contributed by atoms with Gasteiger partial charge < -0.3 is 4.57 Å². The van der Waals surface area contributed by atoms with Crippen LogP contribution < -0.4 is 0 Å². The lowest BCUT2D eigenvalue weighted by Gasteiger charge is -2.12. The number of aromatic nitrogens is 2. The van der Waals surface area contributed by atoms with Gasteiger partial charge in [0.2, 0.25) is 0 Å². The average molecular weight is 230 g/mol. The zero-order valence-corrected chi connectivity index (χ0v) is 11.8. The Hall–Kier alpha value is -1.31. The molecule has 0 saturated heterocycles. The average Bonchev–Trinajstić information content (AvgIpc) is 2.53. The molecule has 0 radical (unpaired) electrons. The lowest BCUT2D eigenvalue weighted by Crippen LogP contribution is -2.07. The molecule has 0 atom stereocenters. The van der Waals surface area contributed by atoms with Gasteiger partial charge in [-0.3, -0.25) is 0 Å². The summed E-state index contributed by atoms with van der Waals surface area (Å²) < 4.78 is 2.37. The molecule has 0 bridgehead atoms. The van der Waals surface area contributed by atoms with Gasteiger partial charge in [0, 0.05) is 6.54 Å². The van der Waals surface area contributed by atoms with E-state index < -0.39 is 0 Å². The van der Waals surface area contributed by atoms with E-state index in [9.17, 15) is 0 Å². The summed E-state index contributed by atoms with van der Waals surface area (Å²) in [4.78, 5) is 4.73. The van der Waals surface area contributed by atoms with Gasteiger partial charge in [0.05, 0.1) is 11.0 Å². The number of imidazole rings is 1. The Morgan fingerprint density at radius 1 is 1.12 bits per heavy atom. The third-order valence-electron chi connectivity index (χ3n) is 3.46. The molecular weight excluding hydrogens is 208 g/mol. The number of fused-ring (bicyclic) bond motifs is 1. The van der Waals surface area contributed by atoms with Crippen LogP contribution in [0.25, 0.3) is 11.0 Å². The molecule has 0 aliphatic carbocycles. The van der Waals surface area contributed by atoms with E-state index in [4.69, 9.17) is 4.98 Å². The minimum Gasteiger partial charge on any atom is -0.328 e. The zero-order chi connectivity index (χ0) is 12.7. The first-order chi connectivity index (χ1) is 7.91. The van der Waals surface area contributed by atoms with Gasteiger partial charge in [-0.2, -0.15) is 0 Å². The fourth-order valence-electron chi connectivity index (χ4n) is 2.50. The Kier molecular flexibility index (Phi) is 2.98. The van der Waals surface area contributed by atoms with Crippen molar-refractivity contribution in [1.29, 1.82) is 0 Å². The number of hydrogen-bond acceptors (Lipinski definition) is 1. The molecule has 0 fully saturated rings. The zero-order valence-electron chi connectivity index (χ0n) is 11.8. The SMILES string of the molecule is Cc1cc(C)c2nc(C)n(CC(C)C)c2c1C. The summed E-state index contributed by atoms with van der Waals surface area (Å²) in [7, 11) is 0. The van der Waals surface area contributed by atoms with Gasteiger partial charge in [0.25, 0.3) is 0 Å². The van der Waals surface area contributed by atoms with E-state index in [1.807, 2.05) is 0 Å². The van der Waals surface area contributed by atoms with E-state index in [1.54, 1.807) is 0 Å². The topological polar surface area (TPSA) is 17.8 Å². The number of rotatable bonds is 2. The van der Waals surface area contributed by atoms with Gasteiger partial charge in [0.15, 0.2) is 0 Å². The summed E-state index contributed by atoms with van der Waals surface area (Å²) in [6.45, 7) is 14.2. The Morgan fingerprint density at radius 3 is 2.35 bits per heavy atom. The number of hydrogen-bond donors (Lipinski definition) is 0. The second-order valence-corrected chi connectivity index (χ2v) is 5.50. The monoisotopic (exact) mass is 230 g/mol. The van der Waals surface area contributed by atoms with Crippen LogP contribution in [0.1, 0.15) is 36.4 Å². The van der Waals surface area contributed by atoms with Crippen LogP contribution in [0.3, 0.4) is 0 Å². The minimum absolute atomic E-state index is 0.645. The Balaban J connectivity index is 2.79. The van der Waals surface area contributed by atoms with Crippen molar-refractivity contribution in [3.8, 4) is 0 Å². The van der Waals surface area contributed by atoms with E-state index >= 15 is 0 Å². The predicted molar refractivity (Wildman–Crippen MR) is 73.5 cm³/mol. The summed E-state index contributed by atoms with van der Waals surface area (Å²) in [5, 5.41) is 0. The van der Waals surface area contributed by atoms with E-state index in [-0.39, 0.29) is 0 Å². The Morgan fingerprint density at radius 2 is 1.76 bits per heavy atom. The number of nitrogens with zero attached hydrogens (tertiary/aromatic N) is 2. The summed E-state index contributed by atoms with van der Waals surface area (Å²) >= 11 is 0. The summed E-state index contributed by atoms with van der Waals surface area (Å²) in [6, 6.07) is 2.24. The highest BCUT2D eigenvalue weighted by Crippen LogP contribution is 2.26. The Labute approximate surface area is 104 Å². The molecule has 0 amide bonds. The normalized spacial score (nSPS) is 11.7. The van der Waals surface area contributed by atoms with Crippen LogP contribution in [0, 0.1) is 33.6 Å². The molecule has 0 aliphatic rings. The standard InChI is InChI=1S/C15H22N2/c1-9(2)8-17-13(6)16-14-11(4)7-10(3)12(5)15(14)17/h7,9H,8H2,1-6H3. The largest absolute Gasteiger partial charge is 0.328 e. The van der Waals surface area contributed by atoms with Crippen molar-refractivity contribution in [2.45, 2.75) is 48.1 Å². The Bertz CT molecular complexity index is 562. The molecule has 0 saturated carbocycles. The van der Waals surface area contributed by atoms with Crippen LogP contribution in [0.5, 0.6) is 0 Å². The van der Waals surface area contributed by atoms with Crippen LogP contribution in [0.4, 0.5) is 0 Å². The molecule has 1 aromatic heterocycles. The molecular formula is C15H22N2. The van der Waals surface area contributed by atoms with Crippen LogP contribution >= 0.6 is 0 Å². The van der Waals surface area contributed by atoms with Crippen LogP contribution in [0.15, 0.2) is 6.07 Å². The van der Waals surface area contributed by atoms with Crippen LogP contribution in [-0.2, 0) is 6.54 Å². The quantitative estimate of drug-likeness (QED) is 0.764. The van der Waals surface area contributed by atoms with Crippen molar-refractivity contribution in [3.63, 3.8) is 0 Å². The van der Waals surface area contributed by atoms with E-state index in [0.717, 1.165) is 12.4 Å². The van der Waals surface area contributed by atoms with E-state index in [0.29, 0.717) is 5.92 Å². The smallest absolute Gasteiger partial charge is 0.106 e. The highest BCUT2D eigenvalue weighted by Gasteiger charge is 2.14. The molecule has 92 valence electrons. The molecule has 2 rings (SSSR count). The van der Waals surface area contributed by atoms with Crippen molar-refractivity contribution in [3.05, 3.63) is 28.6 Å². The van der Waals surface area contributed by atoms with Crippen molar-refractivity contribution in [2.24, 2.45) is 5.92 Å². The third-order valence-corrected chi connectivity index (χ3v) is 3.46. The first-order valence-corrected chi connectivity index (χ1v) is 6.35. The van der Waals surface area contributed by atoms with Gasteiger partial charge in [0.1, 0.15) is 5.82 Å². The summed E-state index contributed by atoms with van der Waals surface area (Å²) in [6.07, 6.45) is 0. The number of benzene rings is 1. The molecule has 2 aromatic rings. The fourth-order valence-corrected chi connectivity index (χ4v) is 2.50. The first kappa shape index (κ1) is 12.2. The maximum absolute atomic E-state index is 4.73. The highest BCUT2D eigenvalue weighted by molar-refractivity contribution is 5.84. The lowest BCUT2D eigenvalue weighted by molar-refractivity contribution is 0.523. The molecule has 0 unspecified atom stereocenters. The van der Waals surface area contributed by atoms with Gasteiger partial charge >= 0.3 is 0 Å². The highest BCUT2D eigenvalue weighted by atomic mass is 15.1. The second kappa shape index (κ2) is 4.17. The number of aryl methyl sites for hydroxylation is 4. The summed E-state index contributed by atoms with van der Waals surface area (Å²) in [5.41, 5.74) is 6.51. The molecule has 17 heavy (non-hydrogen) atoms. The van der Waals surface area contributed by atoms with Crippen molar-refractivity contribution in [2.75, 3.05) is 0 Å². The third kappa shape index (κ3) is 1.97. The van der Waals surface area contributed by atoms with Crippen molar-refractivity contribution in [1.82, 2.24) is 9.55 Å². The van der Waals surface area contributed by atoms with E-state index in [1.165, 1.54) is 27.7 Å². The van der Waals surface area contributed by atoms with Gasteiger partial charge in [-0.05, 0) is 50.3 Å². The van der Waals surface area contributed by atoms with Gasteiger partial charge in [-0.15, -0.1) is 0 Å². The van der Waals surface area contributed by atoms with Gasteiger partial charge in [-0.25, -0.2) is 4.98 Å². The molecule has 2 heteroatoms. The molecule has 0 aliphatic heterocycles. The van der Waals surface area contributed by atoms with Crippen LogP contribution in [-0.4, -0.2) is 9.55 Å². The maximum Gasteiger partial charge on any atom is 0.106 e. The van der Waals surface area contributed by atoms with E-state index in [2.05, 4.69) is 52.2 Å². The van der Waals surface area contributed by atoms with Gasteiger partial charge in [-0.1, -0.05) is 19.9 Å². The molecule has 2 nitrogen and oxygen atoms in total. The van der Waals surface area contributed by atoms with Crippen molar-refractivity contribution < 1.29 is 0 Å². The minimum atomic E-state index is 0.645. The first-order valence-electron chi connectivity index (χ1n) is 6.35. The summed E-state index contributed by atoms with van der Waals surface area (Å²) in [5.74, 6) is 1.77. The van der Waals surface area contributed by atoms with Crippen molar-refractivity contribution >= 4 is 11.0 Å². The van der Waals surface area contributed by atoms with Crippen LogP contribution in [0.2, 0.25) is 0 Å². The second-order valence-electron chi connectivity index (χ2n) is 5.50. The molecule has 0 N–H and O–H groups in total. The fraction of sp³-hybridized carbons (Fsp3) is 0.533. The maximum atomic E-state index is 4.73. The lowest BCUT2D eigenvalue weighted by atomic mass is 10.0. The predicted octanol–water partition coefficient (Wildman–Crippen LogP) is 3.93.